The fourth-order valence-corrected chi connectivity index (χ4v) is 4.03. The maximum atomic E-state index is 12.4. The molecule has 1 amide bonds. The molecule has 0 bridgehead atoms. The number of benzene rings is 1. The molecule has 0 atom stereocenters. The average molecular weight is 415 g/mol. The Morgan fingerprint density at radius 3 is 2.79 bits per heavy atom. The van der Waals surface area contributed by atoms with Gasteiger partial charge in [-0.15, -0.1) is 11.3 Å². The third-order valence-corrected chi connectivity index (χ3v) is 5.31. The van der Waals surface area contributed by atoms with Crippen molar-refractivity contribution in [2.75, 3.05) is 17.7 Å². The molecule has 0 fully saturated rings. The molecule has 0 aliphatic heterocycles. The van der Waals surface area contributed by atoms with Crippen molar-refractivity contribution >= 4 is 56.4 Å². The molecule has 3 N–H and O–H groups in total. The van der Waals surface area contributed by atoms with E-state index in [0.29, 0.717) is 21.8 Å². The Labute approximate surface area is 169 Å². The van der Waals surface area contributed by atoms with Crippen LogP contribution >= 0.6 is 22.9 Å². The Morgan fingerprint density at radius 2 is 2.11 bits per heavy atom. The normalized spacial score (nSPS) is 10.5. The Hall–Kier alpha value is -3.15. The molecular weight excluding hydrogens is 400 g/mol. The second kappa shape index (κ2) is 7.84. The average Bonchev–Trinajstić information content (AvgIpc) is 2.96. The van der Waals surface area contributed by atoms with Crippen LogP contribution in [0.5, 0.6) is 0 Å². The maximum Gasteiger partial charge on any atom is 0.351 e. The van der Waals surface area contributed by atoms with Gasteiger partial charge in [-0.2, -0.15) is 5.26 Å². The summed E-state index contributed by atoms with van der Waals surface area (Å²) in [5, 5.41) is 12.3. The lowest BCUT2D eigenvalue weighted by Gasteiger charge is -2.07. The Balaban J connectivity index is 1.69. The van der Waals surface area contributed by atoms with Gasteiger partial charge < -0.3 is 15.8 Å². The molecule has 0 saturated carbocycles. The molecule has 1 aromatic carbocycles. The van der Waals surface area contributed by atoms with Gasteiger partial charge in [-0.1, -0.05) is 11.6 Å². The second-order valence-corrected chi connectivity index (χ2v) is 7.44. The van der Waals surface area contributed by atoms with E-state index >= 15 is 0 Å². The first-order valence-corrected chi connectivity index (χ1v) is 9.32. The number of pyridine rings is 1. The SMILES string of the molecule is Cc1cc(C)c2c(N)c(C(=O)OCC(=O)Nc3ccc(C#N)c(Cl)c3)sc2n1. The van der Waals surface area contributed by atoms with Gasteiger partial charge in [0.2, 0.25) is 0 Å². The number of hydrogen-bond acceptors (Lipinski definition) is 7. The number of thiophene rings is 1. The molecule has 2 heterocycles. The molecule has 7 nitrogen and oxygen atoms in total. The van der Waals surface area contributed by atoms with Crippen LogP contribution in [-0.2, 0) is 9.53 Å². The van der Waals surface area contributed by atoms with E-state index in [1.807, 2.05) is 26.0 Å². The predicted molar refractivity (Wildman–Crippen MR) is 109 cm³/mol. The minimum Gasteiger partial charge on any atom is -0.451 e. The minimum atomic E-state index is -0.689. The number of nitrogens with zero attached hydrogens (tertiary/aromatic N) is 2. The van der Waals surface area contributed by atoms with E-state index in [1.165, 1.54) is 18.2 Å². The molecule has 0 spiro atoms. The molecular formula is C19H15ClN4O3S. The predicted octanol–water partition coefficient (Wildman–Crippen LogP) is 3.82. The highest BCUT2D eigenvalue weighted by Crippen LogP contribution is 2.35. The van der Waals surface area contributed by atoms with Crippen molar-refractivity contribution in [2.24, 2.45) is 0 Å². The summed E-state index contributed by atoms with van der Waals surface area (Å²) in [6.07, 6.45) is 0. The Bertz CT molecular complexity index is 1150. The molecule has 28 heavy (non-hydrogen) atoms. The van der Waals surface area contributed by atoms with Crippen LogP contribution in [-0.4, -0.2) is 23.5 Å². The molecule has 0 saturated heterocycles. The highest BCUT2D eigenvalue weighted by atomic mass is 35.5. The van der Waals surface area contributed by atoms with Crippen molar-refractivity contribution < 1.29 is 14.3 Å². The van der Waals surface area contributed by atoms with Gasteiger partial charge in [-0.05, 0) is 43.7 Å². The number of esters is 1. The quantitative estimate of drug-likeness (QED) is 0.626. The van der Waals surface area contributed by atoms with E-state index < -0.39 is 18.5 Å². The van der Waals surface area contributed by atoms with Crippen LogP contribution in [0.4, 0.5) is 11.4 Å². The summed E-state index contributed by atoms with van der Waals surface area (Å²) in [5.41, 5.74) is 8.83. The molecule has 0 unspecified atom stereocenters. The first kappa shape index (κ1) is 19.6. The van der Waals surface area contributed by atoms with Crippen LogP contribution in [0.2, 0.25) is 5.02 Å². The number of nitrogen functional groups attached to an aromatic ring is 1. The van der Waals surface area contributed by atoms with Gasteiger partial charge in [0, 0.05) is 16.8 Å². The zero-order valence-corrected chi connectivity index (χ0v) is 16.6. The fourth-order valence-electron chi connectivity index (χ4n) is 2.70. The molecule has 2 aromatic heterocycles. The molecule has 0 radical (unpaired) electrons. The van der Waals surface area contributed by atoms with E-state index in [0.717, 1.165) is 28.0 Å². The molecule has 9 heteroatoms. The highest BCUT2D eigenvalue weighted by molar-refractivity contribution is 7.21. The number of fused-ring (bicyclic) bond motifs is 1. The van der Waals surface area contributed by atoms with Crippen molar-refractivity contribution in [1.29, 1.82) is 5.26 Å². The molecule has 142 valence electrons. The van der Waals surface area contributed by atoms with E-state index in [-0.39, 0.29) is 9.90 Å². The second-order valence-electron chi connectivity index (χ2n) is 6.04. The Kier molecular flexibility index (Phi) is 5.49. The van der Waals surface area contributed by atoms with Crippen molar-refractivity contribution in [3.05, 3.63) is 51.0 Å². The first-order valence-electron chi connectivity index (χ1n) is 8.13. The van der Waals surface area contributed by atoms with Gasteiger partial charge in [0.25, 0.3) is 5.91 Å². The molecule has 3 rings (SSSR count). The summed E-state index contributed by atoms with van der Waals surface area (Å²) >= 11 is 7.05. The monoisotopic (exact) mass is 414 g/mol. The minimum absolute atomic E-state index is 0.213. The van der Waals surface area contributed by atoms with Crippen LogP contribution in [0.25, 0.3) is 10.2 Å². The topological polar surface area (TPSA) is 118 Å². The lowest BCUT2D eigenvalue weighted by atomic mass is 10.1. The van der Waals surface area contributed by atoms with Gasteiger partial charge in [-0.25, -0.2) is 9.78 Å². The number of nitriles is 1. The number of amides is 1. The van der Waals surface area contributed by atoms with Gasteiger partial charge >= 0.3 is 5.97 Å². The van der Waals surface area contributed by atoms with Gasteiger partial charge in [0.05, 0.1) is 16.3 Å². The van der Waals surface area contributed by atoms with Crippen molar-refractivity contribution in [1.82, 2.24) is 4.98 Å². The molecule has 3 aromatic rings. The van der Waals surface area contributed by atoms with Gasteiger partial charge in [0.15, 0.2) is 6.61 Å². The third-order valence-electron chi connectivity index (χ3n) is 3.92. The number of nitrogens with two attached hydrogens (primary N) is 1. The van der Waals surface area contributed by atoms with Crippen LogP contribution in [0.3, 0.4) is 0 Å². The van der Waals surface area contributed by atoms with E-state index in [1.54, 1.807) is 0 Å². The van der Waals surface area contributed by atoms with E-state index in [4.69, 9.17) is 27.3 Å². The van der Waals surface area contributed by atoms with Crippen LogP contribution in [0.1, 0.15) is 26.5 Å². The molecule has 0 aliphatic rings. The van der Waals surface area contributed by atoms with Crippen LogP contribution in [0, 0.1) is 25.2 Å². The van der Waals surface area contributed by atoms with Crippen molar-refractivity contribution in [3.63, 3.8) is 0 Å². The maximum absolute atomic E-state index is 12.4. The lowest BCUT2D eigenvalue weighted by molar-refractivity contribution is -0.119. The number of halogens is 1. The number of carbonyl (C=O) groups excluding carboxylic acids is 2. The molecule has 0 aliphatic carbocycles. The van der Waals surface area contributed by atoms with Crippen molar-refractivity contribution in [3.8, 4) is 6.07 Å². The number of aromatic nitrogens is 1. The highest BCUT2D eigenvalue weighted by Gasteiger charge is 2.21. The fraction of sp³-hybridized carbons (Fsp3) is 0.158. The van der Waals surface area contributed by atoms with E-state index in [2.05, 4.69) is 10.3 Å². The van der Waals surface area contributed by atoms with Gasteiger partial charge in [0.1, 0.15) is 15.8 Å². The standard InChI is InChI=1S/C19H15ClN4O3S/c1-9-5-10(2)23-18-15(9)16(22)17(28-18)19(26)27-8-14(25)24-12-4-3-11(7-21)13(20)6-12/h3-6H,8,22H2,1-2H3,(H,24,25). The first-order chi connectivity index (χ1) is 13.3. The van der Waals surface area contributed by atoms with Crippen molar-refractivity contribution in [2.45, 2.75) is 13.8 Å². The Morgan fingerprint density at radius 1 is 1.36 bits per heavy atom. The largest absolute Gasteiger partial charge is 0.451 e. The summed E-state index contributed by atoms with van der Waals surface area (Å²) in [6.45, 7) is 3.26. The number of hydrogen-bond donors (Lipinski definition) is 2. The van der Waals surface area contributed by atoms with Gasteiger partial charge in [-0.3, -0.25) is 4.79 Å². The van der Waals surface area contributed by atoms with Crippen LogP contribution in [0.15, 0.2) is 24.3 Å². The number of ether oxygens (including phenoxy) is 1. The number of rotatable bonds is 4. The lowest BCUT2D eigenvalue weighted by Crippen LogP contribution is -2.21. The van der Waals surface area contributed by atoms with Crippen LogP contribution < -0.4 is 11.1 Å². The summed E-state index contributed by atoms with van der Waals surface area (Å²) in [4.78, 5) is 29.7. The summed E-state index contributed by atoms with van der Waals surface area (Å²) in [5.74, 6) is -1.23. The number of anilines is 2. The zero-order chi connectivity index (χ0) is 20.4. The number of nitrogens with one attached hydrogen (secondary N) is 1. The summed E-state index contributed by atoms with van der Waals surface area (Å²) in [6, 6.07) is 8.28. The smallest absolute Gasteiger partial charge is 0.351 e. The third kappa shape index (κ3) is 3.91. The van der Waals surface area contributed by atoms with E-state index in [9.17, 15) is 9.59 Å². The number of aryl methyl sites for hydroxylation is 2. The summed E-state index contributed by atoms with van der Waals surface area (Å²) in [7, 11) is 0. The zero-order valence-electron chi connectivity index (χ0n) is 15.0. The summed E-state index contributed by atoms with van der Waals surface area (Å²) < 4.78 is 5.08. The number of carbonyl (C=O) groups is 2.